The van der Waals surface area contributed by atoms with Crippen LogP contribution in [-0.2, 0) is 17.8 Å². The van der Waals surface area contributed by atoms with Gasteiger partial charge in [0.1, 0.15) is 18.9 Å². The van der Waals surface area contributed by atoms with E-state index in [9.17, 15) is 9.59 Å². The van der Waals surface area contributed by atoms with Gasteiger partial charge in [0.15, 0.2) is 5.69 Å². The number of rotatable bonds is 4. The molecule has 2 aromatic rings. The van der Waals surface area contributed by atoms with Crippen molar-refractivity contribution in [1.29, 1.82) is 0 Å². The number of aliphatic carboxylic acids is 1. The number of aryl methyl sites for hydroxylation is 1. The maximum absolute atomic E-state index is 12.7. The maximum atomic E-state index is 12.7. The van der Waals surface area contributed by atoms with Crippen LogP contribution in [0.4, 0.5) is 5.69 Å². The van der Waals surface area contributed by atoms with Gasteiger partial charge in [-0.25, -0.2) is 4.68 Å². The van der Waals surface area contributed by atoms with E-state index in [0.29, 0.717) is 24.6 Å². The van der Waals surface area contributed by atoms with Crippen molar-refractivity contribution in [2.75, 3.05) is 18.1 Å². The number of carboxylic acid groups (broad SMARTS) is 1. The number of aromatic nitrogens is 3. The first-order chi connectivity index (χ1) is 11.1. The third kappa shape index (κ3) is 3.01. The first-order valence-electron chi connectivity index (χ1n) is 7.28. The summed E-state index contributed by atoms with van der Waals surface area (Å²) < 4.78 is 6.71. The van der Waals surface area contributed by atoms with Crippen molar-refractivity contribution in [3.05, 3.63) is 35.7 Å². The number of hydrogen-bond acceptors (Lipinski definition) is 5. The van der Waals surface area contributed by atoms with E-state index in [-0.39, 0.29) is 18.1 Å². The van der Waals surface area contributed by atoms with Crippen LogP contribution >= 0.6 is 0 Å². The molecule has 0 unspecified atom stereocenters. The number of amides is 1. The Kier molecular flexibility index (Phi) is 3.96. The van der Waals surface area contributed by atoms with Crippen LogP contribution in [0.5, 0.6) is 5.75 Å². The van der Waals surface area contributed by atoms with Crippen LogP contribution in [0, 0.1) is 0 Å². The highest BCUT2D eigenvalue weighted by atomic mass is 16.5. The van der Waals surface area contributed by atoms with Crippen molar-refractivity contribution in [3.63, 3.8) is 0 Å². The number of benzene rings is 1. The predicted molar refractivity (Wildman–Crippen MR) is 80.6 cm³/mol. The van der Waals surface area contributed by atoms with E-state index in [4.69, 9.17) is 9.84 Å². The third-order valence-electron chi connectivity index (χ3n) is 3.60. The lowest BCUT2D eigenvalue weighted by molar-refractivity contribution is -0.137. The van der Waals surface area contributed by atoms with E-state index in [1.54, 1.807) is 4.90 Å². The Bertz CT molecular complexity index is 756. The summed E-state index contributed by atoms with van der Waals surface area (Å²) in [5.74, 6) is -0.711. The number of fused-ring (bicyclic) bond motifs is 1. The highest BCUT2D eigenvalue weighted by molar-refractivity contribution is 6.05. The van der Waals surface area contributed by atoms with Crippen molar-refractivity contribution in [1.82, 2.24) is 15.0 Å². The molecule has 0 saturated heterocycles. The lowest BCUT2D eigenvalue weighted by Crippen LogP contribution is -2.38. The summed E-state index contributed by atoms with van der Waals surface area (Å²) in [6, 6.07) is 5.75. The van der Waals surface area contributed by atoms with Crippen molar-refractivity contribution in [3.8, 4) is 5.75 Å². The van der Waals surface area contributed by atoms with Gasteiger partial charge in [0.05, 0.1) is 18.4 Å². The van der Waals surface area contributed by atoms with Crippen LogP contribution in [0.1, 0.15) is 23.0 Å². The Balaban J connectivity index is 1.89. The Morgan fingerprint density at radius 3 is 2.96 bits per heavy atom. The average Bonchev–Trinajstić information content (AvgIpc) is 3.00. The van der Waals surface area contributed by atoms with Gasteiger partial charge >= 0.3 is 5.97 Å². The number of carboxylic acids is 1. The van der Waals surface area contributed by atoms with Crippen LogP contribution in [0.25, 0.3) is 0 Å². The average molecular weight is 316 g/mol. The molecule has 8 nitrogen and oxygen atoms in total. The molecule has 1 aromatic heterocycles. The van der Waals surface area contributed by atoms with Gasteiger partial charge in [0.25, 0.3) is 5.91 Å². The van der Waals surface area contributed by atoms with Crippen molar-refractivity contribution in [2.24, 2.45) is 0 Å². The van der Waals surface area contributed by atoms with E-state index >= 15 is 0 Å². The number of carbonyl (C=O) groups is 2. The molecule has 1 aliphatic heterocycles. The molecule has 2 heterocycles. The van der Waals surface area contributed by atoms with E-state index in [1.165, 1.54) is 6.20 Å². The van der Waals surface area contributed by atoms with Gasteiger partial charge in [-0.15, -0.1) is 5.10 Å². The van der Waals surface area contributed by atoms with Gasteiger partial charge in [-0.05, 0) is 24.1 Å². The quantitative estimate of drug-likeness (QED) is 0.902. The first-order valence-corrected chi connectivity index (χ1v) is 7.28. The summed E-state index contributed by atoms with van der Waals surface area (Å²) in [4.78, 5) is 24.9. The minimum absolute atomic E-state index is 0.112. The van der Waals surface area contributed by atoms with Crippen LogP contribution in [0.2, 0.25) is 0 Å². The zero-order chi connectivity index (χ0) is 16.4. The van der Waals surface area contributed by atoms with E-state index in [2.05, 4.69) is 10.3 Å². The standard InChI is InChI=1S/C15H16N4O4/c1-2-10-3-4-13-12(7-10)19(5-6-23-13)15(22)11-8-18(17-16-11)9-14(20)21/h3-4,7-8H,2,5-6,9H2,1H3,(H,20,21). The summed E-state index contributed by atoms with van der Waals surface area (Å²) in [6.07, 6.45) is 2.19. The van der Waals surface area contributed by atoms with Crippen LogP contribution in [0.15, 0.2) is 24.4 Å². The molecule has 0 saturated carbocycles. The molecule has 1 N–H and O–H groups in total. The molecule has 0 bridgehead atoms. The number of anilines is 1. The summed E-state index contributed by atoms with van der Waals surface area (Å²) in [7, 11) is 0. The molecule has 0 aliphatic carbocycles. The molecule has 0 atom stereocenters. The van der Waals surface area contributed by atoms with Gasteiger partial charge < -0.3 is 9.84 Å². The van der Waals surface area contributed by atoms with Crippen LogP contribution in [0.3, 0.4) is 0 Å². The lowest BCUT2D eigenvalue weighted by Gasteiger charge is -2.29. The fraction of sp³-hybridized carbons (Fsp3) is 0.333. The molecule has 23 heavy (non-hydrogen) atoms. The van der Waals surface area contributed by atoms with Gasteiger partial charge in [0.2, 0.25) is 0 Å². The van der Waals surface area contributed by atoms with E-state index in [1.807, 2.05) is 25.1 Å². The minimum atomic E-state index is -1.04. The first kappa shape index (κ1) is 15.0. The van der Waals surface area contributed by atoms with E-state index in [0.717, 1.165) is 16.7 Å². The SMILES string of the molecule is CCc1ccc2c(c1)N(C(=O)c1cn(CC(=O)O)nn1)CCO2. The van der Waals surface area contributed by atoms with Gasteiger partial charge in [-0.2, -0.15) is 0 Å². The van der Waals surface area contributed by atoms with Crippen LogP contribution in [-0.4, -0.2) is 45.1 Å². The zero-order valence-corrected chi connectivity index (χ0v) is 12.6. The second-order valence-corrected chi connectivity index (χ2v) is 5.16. The maximum Gasteiger partial charge on any atom is 0.325 e. The molecule has 1 aliphatic rings. The Labute approximate surface area is 132 Å². The summed E-state index contributed by atoms with van der Waals surface area (Å²) in [6.45, 7) is 2.51. The molecule has 8 heteroatoms. The molecule has 1 amide bonds. The number of nitrogens with zero attached hydrogens (tertiary/aromatic N) is 4. The largest absolute Gasteiger partial charge is 0.490 e. The van der Waals surface area contributed by atoms with E-state index < -0.39 is 5.97 Å². The molecular formula is C15H16N4O4. The topological polar surface area (TPSA) is 97.6 Å². The summed E-state index contributed by atoms with van der Waals surface area (Å²) in [5, 5.41) is 16.2. The van der Waals surface area contributed by atoms with Crippen molar-refractivity contribution in [2.45, 2.75) is 19.9 Å². The van der Waals surface area contributed by atoms with Crippen LogP contribution < -0.4 is 9.64 Å². The predicted octanol–water partition coefficient (Wildman–Crippen LogP) is 0.964. The van der Waals surface area contributed by atoms with Crippen molar-refractivity contribution >= 4 is 17.6 Å². The summed E-state index contributed by atoms with van der Waals surface area (Å²) in [5.41, 5.74) is 1.91. The fourth-order valence-electron chi connectivity index (χ4n) is 2.44. The zero-order valence-electron chi connectivity index (χ0n) is 12.6. The third-order valence-corrected chi connectivity index (χ3v) is 3.60. The highest BCUT2D eigenvalue weighted by Crippen LogP contribution is 2.33. The van der Waals surface area contributed by atoms with Gasteiger partial charge in [-0.3, -0.25) is 14.5 Å². The monoisotopic (exact) mass is 316 g/mol. The molecule has 0 fully saturated rings. The molecular weight excluding hydrogens is 300 g/mol. The lowest BCUT2D eigenvalue weighted by atomic mass is 10.1. The second-order valence-electron chi connectivity index (χ2n) is 5.16. The number of ether oxygens (including phenoxy) is 1. The van der Waals surface area contributed by atoms with Crippen molar-refractivity contribution < 1.29 is 19.4 Å². The molecule has 1 aromatic carbocycles. The fourth-order valence-corrected chi connectivity index (χ4v) is 2.44. The second kappa shape index (κ2) is 6.07. The Morgan fingerprint density at radius 1 is 1.39 bits per heavy atom. The van der Waals surface area contributed by atoms with Gasteiger partial charge in [-0.1, -0.05) is 18.2 Å². The number of hydrogen-bond donors (Lipinski definition) is 1. The minimum Gasteiger partial charge on any atom is -0.490 e. The molecule has 0 spiro atoms. The molecule has 3 rings (SSSR count). The smallest absolute Gasteiger partial charge is 0.325 e. The Morgan fingerprint density at radius 2 is 2.22 bits per heavy atom. The molecule has 120 valence electrons. The van der Waals surface area contributed by atoms with Gasteiger partial charge in [0, 0.05) is 0 Å². The number of carbonyl (C=O) groups excluding carboxylic acids is 1. The highest BCUT2D eigenvalue weighted by Gasteiger charge is 2.27. The normalized spacial score (nSPS) is 13.3. The Hall–Kier alpha value is -2.90. The molecule has 0 radical (unpaired) electrons. The summed E-state index contributed by atoms with van der Waals surface area (Å²) >= 11 is 0.